The smallest absolute Gasteiger partial charge is 0.126 e. The minimum absolute atomic E-state index is 0.0191. The van der Waals surface area contributed by atoms with Crippen LogP contribution >= 0.6 is 22.9 Å². The van der Waals surface area contributed by atoms with Crippen LogP contribution in [-0.4, -0.2) is 6.54 Å². The average Bonchev–Trinajstić information content (AvgIpc) is 2.85. The van der Waals surface area contributed by atoms with Crippen LogP contribution in [0.2, 0.25) is 5.02 Å². The molecule has 1 aliphatic rings. The van der Waals surface area contributed by atoms with Crippen LogP contribution in [0.4, 0.5) is 4.39 Å². The SMILES string of the molecule is Fc1cccc2c1CCNC2c1sc2ccccc2c1Cl. The van der Waals surface area contributed by atoms with E-state index in [0.29, 0.717) is 0 Å². The second kappa shape index (κ2) is 5.09. The molecule has 1 unspecified atom stereocenters. The normalized spacial score (nSPS) is 17.9. The van der Waals surface area contributed by atoms with Gasteiger partial charge in [0.2, 0.25) is 0 Å². The van der Waals surface area contributed by atoms with Crippen LogP contribution in [0.25, 0.3) is 10.1 Å². The van der Waals surface area contributed by atoms with Gasteiger partial charge in [-0.15, -0.1) is 11.3 Å². The molecule has 1 aliphatic heterocycles. The highest BCUT2D eigenvalue weighted by atomic mass is 35.5. The van der Waals surface area contributed by atoms with Crippen molar-refractivity contribution in [1.82, 2.24) is 5.32 Å². The van der Waals surface area contributed by atoms with Gasteiger partial charge in [-0.25, -0.2) is 4.39 Å². The summed E-state index contributed by atoms with van der Waals surface area (Å²) in [7, 11) is 0. The molecule has 21 heavy (non-hydrogen) atoms. The van der Waals surface area contributed by atoms with Gasteiger partial charge in [0, 0.05) is 21.5 Å². The molecule has 0 amide bonds. The van der Waals surface area contributed by atoms with E-state index in [1.807, 2.05) is 24.3 Å². The molecule has 4 rings (SSSR count). The Morgan fingerprint density at radius 1 is 1.14 bits per heavy atom. The van der Waals surface area contributed by atoms with Crippen molar-refractivity contribution in [3.05, 3.63) is 69.3 Å². The van der Waals surface area contributed by atoms with Gasteiger partial charge in [0.05, 0.1) is 11.1 Å². The van der Waals surface area contributed by atoms with E-state index in [-0.39, 0.29) is 11.9 Å². The van der Waals surface area contributed by atoms with E-state index in [1.54, 1.807) is 17.4 Å². The van der Waals surface area contributed by atoms with Gasteiger partial charge in [-0.05, 0) is 29.7 Å². The molecule has 0 fully saturated rings. The van der Waals surface area contributed by atoms with Gasteiger partial charge >= 0.3 is 0 Å². The maximum Gasteiger partial charge on any atom is 0.126 e. The molecule has 0 aliphatic carbocycles. The molecule has 0 saturated heterocycles. The van der Waals surface area contributed by atoms with E-state index >= 15 is 0 Å². The topological polar surface area (TPSA) is 12.0 Å². The van der Waals surface area contributed by atoms with Gasteiger partial charge in [-0.1, -0.05) is 41.9 Å². The minimum atomic E-state index is -0.115. The Morgan fingerprint density at radius 2 is 2.00 bits per heavy atom. The van der Waals surface area contributed by atoms with Crippen LogP contribution in [0, 0.1) is 5.82 Å². The van der Waals surface area contributed by atoms with Crippen molar-refractivity contribution < 1.29 is 4.39 Å². The lowest BCUT2D eigenvalue weighted by Gasteiger charge is -2.26. The van der Waals surface area contributed by atoms with Crippen LogP contribution in [0.15, 0.2) is 42.5 Å². The predicted molar refractivity (Wildman–Crippen MR) is 86.8 cm³/mol. The number of nitrogens with one attached hydrogen (secondary N) is 1. The summed E-state index contributed by atoms with van der Waals surface area (Å²) in [6.07, 6.45) is 0.723. The van der Waals surface area contributed by atoms with Crippen molar-refractivity contribution in [3.8, 4) is 0 Å². The minimum Gasteiger partial charge on any atom is -0.305 e. The van der Waals surface area contributed by atoms with Crippen molar-refractivity contribution in [2.45, 2.75) is 12.5 Å². The zero-order valence-electron chi connectivity index (χ0n) is 11.2. The van der Waals surface area contributed by atoms with E-state index in [2.05, 4.69) is 11.4 Å². The first kappa shape index (κ1) is 13.3. The highest BCUT2D eigenvalue weighted by Gasteiger charge is 2.27. The second-order valence-corrected chi connectivity index (χ2v) is 6.68. The third kappa shape index (κ3) is 2.08. The molecule has 0 spiro atoms. The molecule has 106 valence electrons. The van der Waals surface area contributed by atoms with E-state index in [1.165, 1.54) is 10.8 Å². The molecular formula is C17H13ClFNS. The van der Waals surface area contributed by atoms with Crippen LogP contribution < -0.4 is 5.32 Å². The third-order valence-corrected chi connectivity index (χ3v) is 5.77. The predicted octanol–water partition coefficient (Wildman–Crippen LogP) is 4.93. The zero-order chi connectivity index (χ0) is 14.4. The first-order valence-corrected chi connectivity index (χ1v) is 8.13. The summed E-state index contributed by atoms with van der Waals surface area (Å²) in [5.41, 5.74) is 1.82. The molecule has 0 bridgehead atoms. The summed E-state index contributed by atoms with van der Waals surface area (Å²) in [5, 5.41) is 5.34. The molecule has 1 nitrogen and oxygen atoms in total. The van der Waals surface area contributed by atoms with Crippen molar-refractivity contribution >= 4 is 33.0 Å². The van der Waals surface area contributed by atoms with Gasteiger partial charge < -0.3 is 5.32 Å². The Kier molecular flexibility index (Phi) is 3.21. The summed E-state index contributed by atoms with van der Waals surface area (Å²) in [4.78, 5) is 1.07. The molecule has 0 saturated carbocycles. The Morgan fingerprint density at radius 3 is 2.86 bits per heavy atom. The molecular weight excluding hydrogens is 305 g/mol. The van der Waals surface area contributed by atoms with Crippen molar-refractivity contribution in [3.63, 3.8) is 0 Å². The van der Waals surface area contributed by atoms with Gasteiger partial charge in [0.25, 0.3) is 0 Å². The van der Waals surface area contributed by atoms with E-state index in [4.69, 9.17) is 11.6 Å². The van der Waals surface area contributed by atoms with Crippen LogP contribution in [0.3, 0.4) is 0 Å². The number of hydrogen-bond acceptors (Lipinski definition) is 2. The monoisotopic (exact) mass is 317 g/mol. The molecule has 0 radical (unpaired) electrons. The zero-order valence-corrected chi connectivity index (χ0v) is 12.8. The Hall–Kier alpha value is -1.42. The second-order valence-electron chi connectivity index (χ2n) is 5.22. The average molecular weight is 318 g/mol. The maximum absolute atomic E-state index is 14.0. The lowest BCUT2D eigenvalue weighted by molar-refractivity contribution is 0.536. The molecule has 3 aromatic rings. The number of rotatable bonds is 1. The van der Waals surface area contributed by atoms with E-state index in [9.17, 15) is 4.39 Å². The maximum atomic E-state index is 14.0. The molecule has 2 heterocycles. The fourth-order valence-electron chi connectivity index (χ4n) is 3.01. The summed E-state index contributed by atoms with van der Waals surface area (Å²) in [6.45, 7) is 0.767. The highest BCUT2D eigenvalue weighted by molar-refractivity contribution is 7.19. The number of fused-ring (bicyclic) bond motifs is 2. The number of hydrogen-bond donors (Lipinski definition) is 1. The summed E-state index contributed by atoms with van der Waals surface area (Å²) < 4.78 is 15.2. The lowest BCUT2D eigenvalue weighted by atomic mass is 9.93. The summed E-state index contributed by atoms with van der Waals surface area (Å²) in [5.74, 6) is -0.115. The molecule has 4 heteroatoms. The van der Waals surface area contributed by atoms with Gasteiger partial charge in [-0.2, -0.15) is 0 Å². The molecule has 1 atom stereocenters. The molecule has 1 aromatic heterocycles. The Bertz CT molecular complexity index is 827. The number of thiophene rings is 1. The fourth-order valence-corrected chi connectivity index (χ4v) is 4.65. The lowest BCUT2D eigenvalue weighted by Crippen LogP contribution is -2.30. The first-order chi connectivity index (χ1) is 10.3. The van der Waals surface area contributed by atoms with E-state index < -0.39 is 0 Å². The van der Waals surface area contributed by atoms with Gasteiger partial charge in [0.1, 0.15) is 5.82 Å². The Labute approximate surface area is 131 Å². The van der Waals surface area contributed by atoms with Gasteiger partial charge in [-0.3, -0.25) is 0 Å². The quantitative estimate of drug-likeness (QED) is 0.671. The fraction of sp³-hybridized carbons (Fsp3) is 0.176. The van der Waals surface area contributed by atoms with Crippen molar-refractivity contribution in [1.29, 1.82) is 0 Å². The largest absolute Gasteiger partial charge is 0.305 e. The van der Waals surface area contributed by atoms with E-state index in [0.717, 1.165) is 39.4 Å². The van der Waals surface area contributed by atoms with Crippen LogP contribution in [0.1, 0.15) is 22.0 Å². The van der Waals surface area contributed by atoms with Crippen molar-refractivity contribution in [2.75, 3.05) is 6.54 Å². The standard InChI is InChI=1S/C17H13ClFNS/c18-15-12-4-1-2-7-14(12)21-17(15)16-11-5-3-6-13(19)10(11)8-9-20-16/h1-7,16,20H,8-9H2. The van der Waals surface area contributed by atoms with Crippen LogP contribution in [0.5, 0.6) is 0 Å². The first-order valence-electron chi connectivity index (χ1n) is 6.93. The highest BCUT2D eigenvalue weighted by Crippen LogP contribution is 2.42. The van der Waals surface area contributed by atoms with Crippen molar-refractivity contribution in [2.24, 2.45) is 0 Å². The van der Waals surface area contributed by atoms with Crippen LogP contribution in [-0.2, 0) is 6.42 Å². The Balaban J connectivity index is 1.91. The van der Waals surface area contributed by atoms with Gasteiger partial charge in [0.15, 0.2) is 0 Å². The molecule has 1 N–H and O–H groups in total. The summed E-state index contributed by atoms with van der Waals surface area (Å²) in [6, 6.07) is 13.4. The number of benzene rings is 2. The third-order valence-electron chi connectivity index (χ3n) is 4.01. The molecule has 2 aromatic carbocycles. The number of halogens is 2. The summed E-state index contributed by atoms with van der Waals surface area (Å²) >= 11 is 8.26.